The van der Waals surface area contributed by atoms with E-state index in [0.29, 0.717) is 12.1 Å². The number of hydrogen-bond acceptors (Lipinski definition) is 5. The highest BCUT2D eigenvalue weighted by molar-refractivity contribution is 7.07. The molecule has 0 atom stereocenters. The number of carbonyl (C=O) groups excluding carboxylic acids is 1. The molecule has 0 aliphatic heterocycles. The number of terminal acetylenes is 1. The van der Waals surface area contributed by atoms with Crippen molar-refractivity contribution in [1.29, 1.82) is 0 Å². The zero-order valence-corrected chi connectivity index (χ0v) is 18.5. The molecule has 6 nitrogen and oxygen atoms in total. The van der Waals surface area contributed by atoms with E-state index in [1.54, 1.807) is 18.3 Å². The Labute approximate surface area is 185 Å². The second-order valence-corrected chi connectivity index (χ2v) is 7.52. The van der Waals surface area contributed by atoms with Crippen LogP contribution in [0.15, 0.2) is 65.1 Å². The van der Waals surface area contributed by atoms with Crippen molar-refractivity contribution in [3.8, 4) is 12.3 Å². The lowest BCUT2D eigenvalue weighted by atomic mass is 10.1. The van der Waals surface area contributed by atoms with Gasteiger partial charge in [0.2, 0.25) is 0 Å². The molecule has 0 bridgehead atoms. The van der Waals surface area contributed by atoms with Gasteiger partial charge in [0.05, 0.1) is 23.8 Å². The number of anilines is 1. The third kappa shape index (κ3) is 5.44. The molecule has 0 fully saturated rings. The fourth-order valence-electron chi connectivity index (χ4n) is 2.78. The molecule has 31 heavy (non-hydrogen) atoms. The van der Waals surface area contributed by atoms with Crippen molar-refractivity contribution in [2.24, 2.45) is 12.0 Å². The van der Waals surface area contributed by atoms with Crippen LogP contribution in [-0.2, 0) is 13.6 Å². The van der Waals surface area contributed by atoms with Crippen molar-refractivity contribution in [3.05, 3.63) is 81.9 Å². The summed E-state index contributed by atoms with van der Waals surface area (Å²) < 4.78 is 2.05. The molecular weight excluding hydrogens is 406 g/mol. The summed E-state index contributed by atoms with van der Waals surface area (Å²) in [6.45, 7) is 4.18. The van der Waals surface area contributed by atoms with Crippen LogP contribution >= 0.6 is 11.3 Å². The standard InChI is InChI=1S/C21H19N5OS.C3H4/c1-14-13-28-21(26(14)2)23-11-15-7-3-4-8-16(15)25-20(27)19-12-22-17-9-5-6-10-18(17)24-19;1-3-2/h3-10,12-13H,11H2,1-2H3,(H,25,27);1H,2H3. The molecule has 2 aromatic heterocycles. The summed E-state index contributed by atoms with van der Waals surface area (Å²) in [5.74, 6) is 1.96. The van der Waals surface area contributed by atoms with Gasteiger partial charge in [-0.05, 0) is 37.6 Å². The molecule has 0 saturated heterocycles. The number of nitrogens with zero attached hydrogens (tertiary/aromatic N) is 4. The van der Waals surface area contributed by atoms with Gasteiger partial charge in [-0.2, -0.15) is 0 Å². The Balaban J connectivity index is 0.000000858. The quantitative estimate of drug-likeness (QED) is 0.491. The Kier molecular flexibility index (Phi) is 7.31. The van der Waals surface area contributed by atoms with Crippen molar-refractivity contribution >= 4 is 34.0 Å². The fourth-order valence-corrected chi connectivity index (χ4v) is 3.65. The number of fused-ring (bicyclic) bond motifs is 1. The number of aromatic nitrogens is 3. The summed E-state index contributed by atoms with van der Waals surface area (Å²) in [7, 11) is 2.00. The molecule has 0 radical (unpaired) electrons. The van der Waals surface area contributed by atoms with E-state index in [4.69, 9.17) is 0 Å². The van der Waals surface area contributed by atoms with Gasteiger partial charge in [0, 0.05) is 23.8 Å². The van der Waals surface area contributed by atoms with Crippen LogP contribution in [0, 0.1) is 19.3 Å². The summed E-state index contributed by atoms with van der Waals surface area (Å²) in [4.78, 5) is 27.0. The zero-order chi connectivity index (χ0) is 22.2. The van der Waals surface area contributed by atoms with E-state index in [-0.39, 0.29) is 11.6 Å². The number of rotatable bonds is 4. The number of amides is 1. The van der Waals surface area contributed by atoms with Crippen LogP contribution in [0.25, 0.3) is 11.0 Å². The lowest BCUT2D eigenvalue weighted by molar-refractivity contribution is 0.102. The first-order valence-corrected chi connectivity index (χ1v) is 10.5. The third-order valence-electron chi connectivity index (χ3n) is 4.48. The van der Waals surface area contributed by atoms with E-state index in [1.165, 1.54) is 11.9 Å². The number of thiazole rings is 1. The first kappa shape index (κ1) is 21.9. The SMILES string of the molecule is C#CC.Cc1csc(=NCc2ccccc2NC(=O)c2cnc3ccccc3n2)n1C. The minimum absolute atomic E-state index is 0.283. The van der Waals surface area contributed by atoms with E-state index in [1.807, 2.05) is 62.5 Å². The number of para-hydroxylation sites is 3. The molecule has 0 aliphatic rings. The van der Waals surface area contributed by atoms with Gasteiger partial charge in [-0.1, -0.05) is 30.3 Å². The maximum Gasteiger partial charge on any atom is 0.275 e. The van der Waals surface area contributed by atoms with Gasteiger partial charge >= 0.3 is 0 Å². The molecular formula is C24H23N5OS. The highest BCUT2D eigenvalue weighted by atomic mass is 32.1. The Morgan fingerprint density at radius 3 is 2.58 bits per heavy atom. The van der Waals surface area contributed by atoms with E-state index in [0.717, 1.165) is 21.6 Å². The van der Waals surface area contributed by atoms with Crippen molar-refractivity contribution < 1.29 is 4.79 Å². The second-order valence-electron chi connectivity index (χ2n) is 6.68. The molecule has 7 heteroatoms. The van der Waals surface area contributed by atoms with Crippen molar-refractivity contribution in [3.63, 3.8) is 0 Å². The molecule has 4 aromatic rings. The molecule has 1 N–H and O–H groups in total. The van der Waals surface area contributed by atoms with Crippen LogP contribution in [-0.4, -0.2) is 20.4 Å². The maximum atomic E-state index is 12.7. The first-order valence-electron chi connectivity index (χ1n) is 9.63. The molecule has 156 valence electrons. The Morgan fingerprint density at radius 1 is 1.19 bits per heavy atom. The number of benzene rings is 2. The van der Waals surface area contributed by atoms with E-state index >= 15 is 0 Å². The largest absolute Gasteiger partial charge is 0.324 e. The molecule has 0 saturated carbocycles. The minimum atomic E-state index is -0.289. The summed E-state index contributed by atoms with van der Waals surface area (Å²) >= 11 is 1.60. The molecule has 2 heterocycles. The van der Waals surface area contributed by atoms with Gasteiger partial charge in [0.15, 0.2) is 4.80 Å². The average Bonchev–Trinajstić information content (AvgIpc) is 3.11. The van der Waals surface area contributed by atoms with Gasteiger partial charge < -0.3 is 9.88 Å². The summed E-state index contributed by atoms with van der Waals surface area (Å²) in [6, 6.07) is 15.1. The van der Waals surface area contributed by atoms with Crippen molar-refractivity contribution in [2.45, 2.75) is 20.4 Å². The Morgan fingerprint density at radius 2 is 1.87 bits per heavy atom. The normalized spacial score (nSPS) is 10.8. The predicted octanol–water partition coefficient (Wildman–Crippen LogP) is 4.33. The molecule has 2 aromatic carbocycles. The molecule has 0 spiro atoms. The molecule has 0 aliphatic carbocycles. The minimum Gasteiger partial charge on any atom is -0.324 e. The van der Waals surface area contributed by atoms with E-state index in [9.17, 15) is 4.79 Å². The fraction of sp³-hybridized carbons (Fsp3) is 0.167. The van der Waals surface area contributed by atoms with Gasteiger partial charge in [0.25, 0.3) is 5.91 Å². The lowest BCUT2D eigenvalue weighted by Crippen LogP contribution is -2.16. The monoisotopic (exact) mass is 429 g/mol. The third-order valence-corrected chi connectivity index (χ3v) is 5.56. The number of carbonyl (C=O) groups is 1. The van der Waals surface area contributed by atoms with Gasteiger partial charge in [-0.15, -0.1) is 23.7 Å². The summed E-state index contributed by atoms with van der Waals surface area (Å²) in [5.41, 5.74) is 4.57. The van der Waals surface area contributed by atoms with Crippen LogP contribution in [0.5, 0.6) is 0 Å². The topological polar surface area (TPSA) is 72.2 Å². The number of hydrogen-bond donors (Lipinski definition) is 1. The summed E-state index contributed by atoms with van der Waals surface area (Å²) in [5, 5.41) is 5.02. The molecule has 1 amide bonds. The molecule has 0 unspecified atom stereocenters. The van der Waals surface area contributed by atoms with E-state index < -0.39 is 0 Å². The van der Waals surface area contributed by atoms with Gasteiger partial charge in [-0.25, -0.2) is 4.98 Å². The highest BCUT2D eigenvalue weighted by Gasteiger charge is 2.11. The highest BCUT2D eigenvalue weighted by Crippen LogP contribution is 2.17. The number of aryl methyl sites for hydroxylation is 1. The first-order chi connectivity index (χ1) is 15.0. The smallest absolute Gasteiger partial charge is 0.275 e. The van der Waals surface area contributed by atoms with Crippen molar-refractivity contribution in [1.82, 2.24) is 14.5 Å². The van der Waals surface area contributed by atoms with Gasteiger partial charge in [0.1, 0.15) is 5.69 Å². The van der Waals surface area contributed by atoms with Crippen LogP contribution in [0.1, 0.15) is 28.7 Å². The van der Waals surface area contributed by atoms with Crippen LogP contribution < -0.4 is 10.1 Å². The predicted molar refractivity (Wildman–Crippen MR) is 126 cm³/mol. The maximum absolute atomic E-state index is 12.7. The Hall–Kier alpha value is -3.76. The second kappa shape index (κ2) is 10.3. The Bertz CT molecular complexity index is 1310. The zero-order valence-electron chi connectivity index (χ0n) is 17.7. The van der Waals surface area contributed by atoms with Gasteiger partial charge in [-0.3, -0.25) is 14.8 Å². The van der Waals surface area contributed by atoms with Crippen LogP contribution in [0.2, 0.25) is 0 Å². The lowest BCUT2D eigenvalue weighted by Gasteiger charge is -2.09. The molecule has 4 rings (SSSR count). The van der Waals surface area contributed by atoms with E-state index in [2.05, 4.69) is 42.6 Å². The number of nitrogens with one attached hydrogen (secondary N) is 1. The van der Waals surface area contributed by atoms with Crippen LogP contribution in [0.3, 0.4) is 0 Å². The van der Waals surface area contributed by atoms with Crippen molar-refractivity contribution in [2.75, 3.05) is 5.32 Å². The average molecular weight is 430 g/mol. The van der Waals surface area contributed by atoms with Crippen LogP contribution in [0.4, 0.5) is 5.69 Å². The summed E-state index contributed by atoms with van der Waals surface area (Å²) in [6.07, 6.45) is 6.10.